The summed E-state index contributed by atoms with van der Waals surface area (Å²) in [4.78, 5) is 31.5. The molecular weight excluding hydrogens is 545 g/mol. The monoisotopic (exact) mass is 575 g/mol. The second-order valence-corrected chi connectivity index (χ2v) is 10.9. The van der Waals surface area contributed by atoms with Crippen molar-refractivity contribution < 1.29 is 19.1 Å². The fourth-order valence-corrected chi connectivity index (χ4v) is 5.67. The first-order valence-electron chi connectivity index (χ1n) is 12.4. The van der Waals surface area contributed by atoms with Gasteiger partial charge < -0.3 is 24.6 Å². The Kier molecular flexibility index (Phi) is 9.91. The van der Waals surface area contributed by atoms with Crippen LogP contribution < -0.4 is 10.1 Å². The van der Waals surface area contributed by atoms with Gasteiger partial charge in [-0.2, -0.15) is 0 Å². The zero-order valence-electron chi connectivity index (χ0n) is 21.4. The summed E-state index contributed by atoms with van der Waals surface area (Å²) in [5.74, 6) is 0.560. The van der Waals surface area contributed by atoms with Crippen LogP contribution in [0.4, 0.5) is 10.5 Å². The lowest BCUT2D eigenvalue weighted by Crippen LogP contribution is -2.49. The Balaban J connectivity index is 1.49. The molecule has 0 spiro atoms. The van der Waals surface area contributed by atoms with E-state index in [2.05, 4.69) is 11.4 Å². The predicted molar refractivity (Wildman–Crippen MR) is 153 cm³/mol. The molecule has 3 aromatic rings. The Hall–Kier alpha value is -2.78. The highest BCUT2D eigenvalue weighted by atomic mass is 35.5. The Bertz CT molecular complexity index is 1270. The number of ether oxygens (including phenoxy) is 2. The minimum atomic E-state index is -0.366. The summed E-state index contributed by atoms with van der Waals surface area (Å²) in [6.07, 6.45) is 1.37. The van der Waals surface area contributed by atoms with Crippen molar-refractivity contribution in [1.29, 1.82) is 0 Å². The smallest absolute Gasteiger partial charge is 0.322 e. The zero-order valence-corrected chi connectivity index (χ0v) is 23.7. The van der Waals surface area contributed by atoms with E-state index in [-0.39, 0.29) is 24.5 Å². The minimum Gasteiger partial charge on any atom is -0.491 e. The van der Waals surface area contributed by atoms with Crippen molar-refractivity contribution in [3.05, 3.63) is 80.0 Å². The average Bonchev–Trinajstić information content (AvgIpc) is 3.38. The van der Waals surface area contributed by atoms with Crippen LogP contribution in [0.2, 0.25) is 10.0 Å². The number of carbonyl (C=O) groups is 2. The molecule has 2 heterocycles. The van der Waals surface area contributed by atoms with Crippen LogP contribution in [-0.4, -0.2) is 61.7 Å². The van der Waals surface area contributed by atoms with Gasteiger partial charge in [0, 0.05) is 47.4 Å². The molecule has 0 radical (unpaired) electrons. The summed E-state index contributed by atoms with van der Waals surface area (Å²) in [5.41, 5.74) is 2.58. The van der Waals surface area contributed by atoms with Crippen LogP contribution in [0, 0.1) is 6.92 Å². The van der Waals surface area contributed by atoms with E-state index in [1.54, 1.807) is 42.7 Å². The van der Waals surface area contributed by atoms with Gasteiger partial charge in [-0.05, 0) is 78.7 Å². The number of aryl methyl sites for hydroxylation is 1. The molecule has 1 aliphatic heterocycles. The van der Waals surface area contributed by atoms with Crippen molar-refractivity contribution in [2.45, 2.75) is 25.8 Å². The van der Waals surface area contributed by atoms with Gasteiger partial charge in [-0.1, -0.05) is 29.3 Å². The fraction of sp³-hybridized carbons (Fsp3) is 0.357. The van der Waals surface area contributed by atoms with Crippen LogP contribution in [0.15, 0.2) is 53.9 Å². The van der Waals surface area contributed by atoms with Crippen LogP contribution >= 0.6 is 34.5 Å². The van der Waals surface area contributed by atoms with Crippen molar-refractivity contribution in [3.8, 4) is 5.75 Å². The fourth-order valence-electron chi connectivity index (χ4n) is 4.43. The molecule has 1 aromatic heterocycles. The van der Waals surface area contributed by atoms with Gasteiger partial charge in [-0.25, -0.2) is 4.79 Å². The molecule has 0 saturated carbocycles. The first-order valence-corrected chi connectivity index (χ1v) is 14.0. The molecule has 0 bridgehead atoms. The molecule has 1 N–H and O–H groups in total. The largest absolute Gasteiger partial charge is 0.491 e. The summed E-state index contributed by atoms with van der Waals surface area (Å²) in [6.45, 7) is 3.57. The summed E-state index contributed by atoms with van der Waals surface area (Å²) in [7, 11) is 1.61. The van der Waals surface area contributed by atoms with Crippen molar-refractivity contribution in [2.75, 3.05) is 45.3 Å². The number of methoxy groups -OCH3 is 1. The van der Waals surface area contributed by atoms with Gasteiger partial charge in [0.05, 0.1) is 6.04 Å². The van der Waals surface area contributed by atoms with Gasteiger partial charge >= 0.3 is 6.03 Å². The molecule has 1 aliphatic rings. The quantitative estimate of drug-likeness (QED) is 0.282. The van der Waals surface area contributed by atoms with E-state index in [9.17, 15) is 9.59 Å². The summed E-state index contributed by atoms with van der Waals surface area (Å²) >= 11 is 13.9. The molecule has 1 atom stereocenters. The Labute approximate surface area is 237 Å². The van der Waals surface area contributed by atoms with Crippen LogP contribution in [0.1, 0.15) is 28.5 Å². The molecule has 0 fully saturated rings. The molecule has 2 aromatic carbocycles. The number of rotatable bonds is 10. The lowest BCUT2D eigenvalue weighted by molar-refractivity contribution is -0.135. The van der Waals surface area contributed by atoms with Gasteiger partial charge in [0.2, 0.25) is 5.91 Å². The molecule has 10 heteroatoms. The highest BCUT2D eigenvalue weighted by molar-refractivity contribution is 7.10. The zero-order chi connectivity index (χ0) is 27.1. The Morgan fingerprint density at radius 3 is 2.79 bits per heavy atom. The number of thiophene rings is 1. The SMILES string of the molecule is COCCCN(CC(=O)N1CCc2sccc2C1COc1ccc(Cl)c(C)c1)C(=O)Nc1cccc(Cl)c1. The maximum Gasteiger partial charge on any atom is 0.322 e. The number of hydrogen-bond acceptors (Lipinski definition) is 5. The number of urea groups is 1. The number of nitrogens with zero attached hydrogens (tertiary/aromatic N) is 2. The maximum absolute atomic E-state index is 13.7. The lowest BCUT2D eigenvalue weighted by Gasteiger charge is -2.37. The molecule has 0 saturated heterocycles. The highest BCUT2D eigenvalue weighted by Gasteiger charge is 2.33. The molecule has 0 aliphatic carbocycles. The van der Waals surface area contributed by atoms with Gasteiger partial charge in [0.25, 0.3) is 0 Å². The van der Waals surface area contributed by atoms with E-state index in [1.807, 2.05) is 35.4 Å². The second-order valence-electron chi connectivity index (χ2n) is 9.08. The second kappa shape index (κ2) is 13.3. The Morgan fingerprint density at radius 2 is 2.03 bits per heavy atom. The molecule has 3 amide bonds. The molecule has 38 heavy (non-hydrogen) atoms. The molecule has 1 unspecified atom stereocenters. The lowest BCUT2D eigenvalue weighted by atomic mass is 10.0. The Morgan fingerprint density at radius 1 is 1.18 bits per heavy atom. The first-order chi connectivity index (χ1) is 18.4. The number of anilines is 1. The number of halogens is 2. The van der Waals surface area contributed by atoms with E-state index < -0.39 is 0 Å². The normalized spacial score (nSPS) is 14.6. The van der Waals surface area contributed by atoms with E-state index >= 15 is 0 Å². The van der Waals surface area contributed by atoms with Crippen LogP contribution in [-0.2, 0) is 16.0 Å². The topological polar surface area (TPSA) is 71.1 Å². The summed E-state index contributed by atoms with van der Waals surface area (Å²) in [6, 6.07) is 13.9. The van der Waals surface area contributed by atoms with Crippen LogP contribution in [0.5, 0.6) is 5.75 Å². The summed E-state index contributed by atoms with van der Waals surface area (Å²) < 4.78 is 11.3. The van der Waals surface area contributed by atoms with E-state index in [0.29, 0.717) is 54.2 Å². The van der Waals surface area contributed by atoms with E-state index in [4.69, 9.17) is 32.7 Å². The number of amides is 3. The standard InChI is InChI=1S/C28H31Cl2N3O4S/c1-19-15-22(7-8-24(19)30)37-18-25-23-10-14-38-26(23)9-12-33(25)27(34)17-32(11-4-13-36-2)28(35)31-21-6-3-5-20(29)16-21/h3,5-8,10,14-16,25H,4,9,11-13,17-18H2,1-2H3,(H,31,35). The van der Waals surface area contributed by atoms with Gasteiger partial charge in [-0.15, -0.1) is 11.3 Å². The van der Waals surface area contributed by atoms with E-state index in [0.717, 1.165) is 17.5 Å². The van der Waals surface area contributed by atoms with Crippen molar-refractivity contribution in [2.24, 2.45) is 0 Å². The number of fused-ring (bicyclic) bond motifs is 1. The molecule has 4 rings (SSSR count). The van der Waals surface area contributed by atoms with Crippen molar-refractivity contribution in [3.63, 3.8) is 0 Å². The third kappa shape index (κ3) is 7.20. The number of hydrogen-bond donors (Lipinski definition) is 1. The number of nitrogens with one attached hydrogen (secondary N) is 1. The van der Waals surface area contributed by atoms with Crippen molar-refractivity contribution in [1.82, 2.24) is 9.80 Å². The van der Waals surface area contributed by atoms with Gasteiger partial charge in [-0.3, -0.25) is 4.79 Å². The van der Waals surface area contributed by atoms with Crippen LogP contribution in [0.3, 0.4) is 0 Å². The first kappa shape index (κ1) is 28.2. The molecular formula is C28H31Cl2N3O4S. The van der Waals surface area contributed by atoms with E-state index in [1.165, 1.54) is 9.78 Å². The predicted octanol–water partition coefficient (Wildman–Crippen LogP) is 6.44. The summed E-state index contributed by atoms with van der Waals surface area (Å²) in [5, 5.41) is 6.10. The third-order valence-electron chi connectivity index (χ3n) is 6.42. The molecule has 7 nitrogen and oxygen atoms in total. The van der Waals surface area contributed by atoms with Crippen molar-refractivity contribution >= 4 is 52.2 Å². The number of carbonyl (C=O) groups excluding carboxylic acids is 2. The van der Waals surface area contributed by atoms with Crippen LogP contribution in [0.25, 0.3) is 0 Å². The third-order valence-corrected chi connectivity index (χ3v) is 8.07. The maximum atomic E-state index is 13.7. The minimum absolute atomic E-state index is 0.0634. The highest BCUT2D eigenvalue weighted by Crippen LogP contribution is 2.34. The molecule has 202 valence electrons. The van der Waals surface area contributed by atoms with Gasteiger partial charge in [0.1, 0.15) is 18.9 Å². The van der Waals surface area contributed by atoms with Gasteiger partial charge in [0.15, 0.2) is 0 Å². The number of benzene rings is 2. The average molecular weight is 577 g/mol.